The summed E-state index contributed by atoms with van der Waals surface area (Å²) in [4.78, 5) is 21.7. The first-order valence-electron chi connectivity index (χ1n) is 5.91. The van der Waals surface area contributed by atoms with Gasteiger partial charge in [-0.15, -0.1) is 0 Å². The third-order valence-corrected chi connectivity index (χ3v) is 2.16. The van der Waals surface area contributed by atoms with Gasteiger partial charge in [0.15, 0.2) is 0 Å². The summed E-state index contributed by atoms with van der Waals surface area (Å²) in [7, 11) is 0. The Balaban J connectivity index is 3.53. The van der Waals surface area contributed by atoms with Crippen LogP contribution in [0.4, 0.5) is 4.79 Å². The van der Waals surface area contributed by atoms with Gasteiger partial charge >= 0.3 is 6.09 Å². The van der Waals surface area contributed by atoms with Gasteiger partial charge in [-0.05, 0) is 25.8 Å². The molecule has 100 valence electrons. The number of rotatable bonds is 8. The summed E-state index contributed by atoms with van der Waals surface area (Å²) in [5, 5.41) is 16.5. The third-order valence-electron chi connectivity index (χ3n) is 2.16. The Hall–Kier alpha value is -1.30. The van der Waals surface area contributed by atoms with E-state index in [-0.39, 0.29) is 11.9 Å². The van der Waals surface area contributed by atoms with Crippen molar-refractivity contribution in [2.24, 2.45) is 5.92 Å². The van der Waals surface area contributed by atoms with Crippen molar-refractivity contribution in [1.82, 2.24) is 16.0 Å². The number of amides is 2. The molecule has 0 rings (SSSR count). The van der Waals surface area contributed by atoms with Crippen molar-refractivity contribution in [3.63, 3.8) is 0 Å². The Bertz CT molecular complexity index is 244. The second-order valence-corrected chi connectivity index (χ2v) is 4.40. The summed E-state index contributed by atoms with van der Waals surface area (Å²) in [6, 6.07) is -0.251. The molecule has 0 heterocycles. The molecule has 0 aliphatic rings. The lowest BCUT2D eigenvalue weighted by atomic mass is 10.2. The normalized spacial score (nSPS) is 12.2. The van der Waals surface area contributed by atoms with Crippen LogP contribution >= 0.6 is 0 Å². The molecule has 0 fully saturated rings. The number of carboxylic acid groups (broad SMARTS) is 1. The zero-order valence-corrected chi connectivity index (χ0v) is 10.7. The highest BCUT2D eigenvalue weighted by atomic mass is 16.4. The number of hydrogen-bond donors (Lipinski definition) is 4. The average molecular weight is 245 g/mol. The van der Waals surface area contributed by atoms with Crippen LogP contribution in [0.3, 0.4) is 0 Å². The van der Waals surface area contributed by atoms with Gasteiger partial charge in [-0.25, -0.2) is 4.79 Å². The fourth-order valence-electron chi connectivity index (χ4n) is 1.15. The molecule has 0 aliphatic heterocycles. The zero-order valence-electron chi connectivity index (χ0n) is 10.7. The van der Waals surface area contributed by atoms with Crippen molar-refractivity contribution < 1.29 is 14.7 Å². The molecule has 0 spiro atoms. The van der Waals surface area contributed by atoms with E-state index in [1.807, 2.05) is 13.8 Å². The van der Waals surface area contributed by atoms with Crippen LogP contribution in [0, 0.1) is 5.92 Å². The van der Waals surface area contributed by atoms with Gasteiger partial charge in [-0.3, -0.25) is 4.79 Å². The summed E-state index contributed by atoms with van der Waals surface area (Å²) < 4.78 is 0. The Kier molecular flexibility index (Phi) is 8.13. The fraction of sp³-hybridized carbons (Fsp3) is 0.818. The predicted molar refractivity (Wildman–Crippen MR) is 66.0 cm³/mol. The van der Waals surface area contributed by atoms with E-state index in [4.69, 9.17) is 5.11 Å². The van der Waals surface area contributed by atoms with Gasteiger partial charge in [-0.1, -0.05) is 13.8 Å². The Morgan fingerprint density at radius 3 is 2.29 bits per heavy atom. The Morgan fingerprint density at radius 1 is 1.12 bits per heavy atom. The van der Waals surface area contributed by atoms with Crippen molar-refractivity contribution in [3.8, 4) is 0 Å². The molecule has 2 amide bonds. The largest absolute Gasteiger partial charge is 0.465 e. The van der Waals surface area contributed by atoms with Gasteiger partial charge in [0.2, 0.25) is 5.91 Å². The van der Waals surface area contributed by atoms with E-state index < -0.39 is 6.09 Å². The van der Waals surface area contributed by atoms with Crippen LogP contribution in [-0.2, 0) is 4.79 Å². The van der Waals surface area contributed by atoms with Crippen LogP contribution in [0.5, 0.6) is 0 Å². The number of carbonyl (C=O) groups excluding carboxylic acids is 1. The third kappa shape index (κ3) is 9.62. The van der Waals surface area contributed by atoms with Crippen molar-refractivity contribution in [3.05, 3.63) is 0 Å². The maximum absolute atomic E-state index is 11.5. The van der Waals surface area contributed by atoms with E-state index in [9.17, 15) is 9.59 Å². The molecule has 0 aromatic heterocycles. The monoisotopic (exact) mass is 245 g/mol. The van der Waals surface area contributed by atoms with E-state index in [0.29, 0.717) is 32.0 Å². The lowest BCUT2D eigenvalue weighted by Crippen LogP contribution is -2.44. The van der Waals surface area contributed by atoms with Gasteiger partial charge in [-0.2, -0.15) is 0 Å². The standard InChI is InChI=1S/C11H23N3O3/c1-8(2)7-14-10(15)9(3)12-5-4-6-13-11(16)17/h8-9,12-13H,4-7H2,1-3H3,(H,14,15)(H,16,17). The van der Waals surface area contributed by atoms with Gasteiger partial charge in [0, 0.05) is 13.1 Å². The van der Waals surface area contributed by atoms with E-state index in [1.54, 1.807) is 6.92 Å². The quantitative estimate of drug-likeness (QED) is 0.466. The Morgan fingerprint density at radius 2 is 1.76 bits per heavy atom. The van der Waals surface area contributed by atoms with E-state index in [2.05, 4.69) is 16.0 Å². The summed E-state index contributed by atoms with van der Waals surface area (Å²) >= 11 is 0. The molecule has 0 aliphatic carbocycles. The number of carbonyl (C=O) groups is 2. The smallest absolute Gasteiger partial charge is 0.404 e. The maximum atomic E-state index is 11.5. The summed E-state index contributed by atoms with van der Waals surface area (Å²) in [5.74, 6) is 0.413. The molecule has 4 N–H and O–H groups in total. The van der Waals surface area contributed by atoms with Crippen LogP contribution < -0.4 is 16.0 Å². The minimum Gasteiger partial charge on any atom is -0.465 e. The topological polar surface area (TPSA) is 90.5 Å². The predicted octanol–water partition coefficient (Wildman–Crippen LogP) is 0.394. The van der Waals surface area contributed by atoms with E-state index in [1.165, 1.54) is 0 Å². The van der Waals surface area contributed by atoms with Crippen LogP contribution in [0.2, 0.25) is 0 Å². The summed E-state index contributed by atoms with van der Waals surface area (Å²) in [5.41, 5.74) is 0. The van der Waals surface area contributed by atoms with Crippen LogP contribution in [0.15, 0.2) is 0 Å². The minimum absolute atomic E-state index is 0.0232. The lowest BCUT2D eigenvalue weighted by Gasteiger charge is -2.15. The highest BCUT2D eigenvalue weighted by Gasteiger charge is 2.11. The number of hydrogen-bond acceptors (Lipinski definition) is 3. The second kappa shape index (κ2) is 8.81. The minimum atomic E-state index is -1.02. The molecule has 0 aromatic rings. The molecule has 17 heavy (non-hydrogen) atoms. The Labute approximate surface area is 102 Å². The zero-order chi connectivity index (χ0) is 13.3. The van der Waals surface area contributed by atoms with Crippen LogP contribution in [-0.4, -0.2) is 42.8 Å². The van der Waals surface area contributed by atoms with Crippen molar-refractivity contribution in [2.75, 3.05) is 19.6 Å². The van der Waals surface area contributed by atoms with Gasteiger partial charge in [0.25, 0.3) is 0 Å². The SMILES string of the molecule is CC(C)CNC(=O)C(C)NCCCNC(=O)O. The first-order chi connectivity index (χ1) is 7.93. The highest BCUT2D eigenvalue weighted by molar-refractivity contribution is 5.81. The van der Waals surface area contributed by atoms with Crippen molar-refractivity contribution in [2.45, 2.75) is 33.2 Å². The van der Waals surface area contributed by atoms with Gasteiger partial charge < -0.3 is 21.1 Å². The molecule has 6 nitrogen and oxygen atoms in total. The van der Waals surface area contributed by atoms with Gasteiger partial charge in [0.05, 0.1) is 6.04 Å². The summed E-state index contributed by atoms with van der Waals surface area (Å²) in [6.07, 6.45) is -0.360. The first-order valence-corrected chi connectivity index (χ1v) is 5.91. The lowest BCUT2D eigenvalue weighted by molar-refractivity contribution is -0.122. The molecule has 1 unspecified atom stereocenters. The van der Waals surface area contributed by atoms with Gasteiger partial charge in [0.1, 0.15) is 0 Å². The van der Waals surface area contributed by atoms with E-state index >= 15 is 0 Å². The number of nitrogens with one attached hydrogen (secondary N) is 3. The molecule has 6 heteroatoms. The summed E-state index contributed by atoms with van der Waals surface area (Å²) in [6.45, 7) is 7.54. The second-order valence-electron chi connectivity index (χ2n) is 4.40. The maximum Gasteiger partial charge on any atom is 0.404 e. The fourth-order valence-corrected chi connectivity index (χ4v) is 1.15. The van der Waals surface area contributed by atoms with E-state index in [0.717, 1.165) is 0 Å². The first kappa shape index (κ1) is 15.7. The molecule has 0 saturated carbocycles. The van der Waals surface area contributed by atoms with Crippen molar-refractivity contribution >= 4 is 12.0 Å². The molecule has 0 radical (unpaired) electrons. The average Bonchev–Trinajstić information content (AvgIpc) is 2.24. The molecular formula is C11H23N3O3. The molecule has 0 saturated heterocycles. The van der Waals surface area contributed by atoms with Crippen LogP contribution in [0.1, 0.15) is 27.2 Å². The molecule has 0 bridgehead atoms. The molecule has 0 aromatic carbocycles. The molecular weight excluding hydrogens is 222 g/mol. The van der Waals surface area contributed by atoms with Crippen LogP contribution in [0.25, 0.3) is 0 Å². The molecule has 1 atom stereocenters. The highest BCUT2D eigenvalue weighted by Crippen LogP contribution is 1.89. The van der Waals surface area contributed by atoms with Crippen molar-refractivity contribution in [1.29, 1.82) is 0 Å².